The second-order valence-electron chi connectivity index (χ2n) is 6.67. The van der Waals surface area contributed by atoms with Gasteiger partial charge in [-0.3, -0.25) is 9.88 Å². The summed E-state index contributed by atoms with van der Waals surface area (Å²) < 4.78 is 17.5. The Labute approximate surface area is 148 Å². The van der Waals surface area contributed by atoms with E-state index in [1.165, 1.54) is 5.56 Å². The molecule has 2 fully saturated rings. The molecule has 25 heavy (non-hydrogen) atoms. The molecule has 0 amide bonds. The van der Waals surface area contributed by atoms with Crippen molar-refractivity contribution >= 4 is 0 Å². The van der Waals surface area contributed by atoms with E-state index in [2.05, 4.69) is 22.0 Å². The Morgan fingerprint density at radius 2 is 2.08 bits per heavy atom. The fraction of sp³-hybridized carbons (Fsp3) is 0.450. The summed E-state index contributed by atoms with van der Waals surface area (Å²) in [6, 6.07) is 12.6. The third-order valence-corrected chi connectivity index (χ3v) is 5.05. The number of pyridine rings is 1. The number of aromatic nitrogens is 1. The van der Waals surface area contributed by atoms with Crippen LogP contribution in [0.5, 0.6) is 11.5 Å². The number of likely N-dealkylation sites (tertiary alicyclic amines) is 1. The van der Waals surface area contributed by atoms with Crippen molar-refractivity contribution in [3.8, 4) is 11.5 Å². The monoisotopic (exact) mass is 340 g/mol. The van der Waals surface area contributed by atoms with E-state index in [4.69, 9.17) is 14.2 Å². The van der Waals surface area contributed by atoms with Gasteiger partial charge in [0.05, 0.1) is 13.3 Å². The molecule has 5 nitrogen and oxygen atoms in total. The van der Waals surface area contributed by atoms with Crippen molar-refractivity contribution in [2.45, 2.75) is 37.6 Å². The first-order valence-electron chi connectivity index (χ1n) is 8.89. The molecule has 2 saturated heterocycles. The number of fused-ring (bicyclic) bond motifs is 1. The van der Waals surface area contributed by atoms with Crippen LogP contribution in [0, 0.1) is 0 Å². The number of hydrogen-bond donors (Lipinski definition) is 0. The van der Waals surface area contributed by atoms with Gasteiger partial charge in [-0.15, -0.1) is 0 Å². The molecule has 3 atom stereocenters. The van der Waals surface area contributed by atoms with Crippen molar-refractivity contribution in [1.82, 2.24) is 9.88 Å². The van der Waals surface area contributed by atoms with E-state index in [1.807, 2.05) is 24.3 Å². The first kappa shape index (κ1) is 16.4. The van der Waals surface area contributed by atoms with Crippen LogP contribution in [0.25, 0.3) is 0 Å². The summed E-state index contributed by atoms with van der Waals surface area (Å²) in [6.07, 6.45) is 5.98. The van der Waals surface area contributed by atoms with Crippen LogP contribution in [0.15, 0.2) is 48.8 Å². The summed E-state index contributed by atoms with van der Waals surface area (Å²) in [7, 11) is 1.69. The summed E-state index contributed by atoms with van der Waals surface area (Å²) in [5.41, 5.74) is 1.28. The maximum atomic E-state index is 6.20. The van der Waals surface area contributed by atoms with Crippen LogP contribution >= 0.6 is 0 Å². The van der Waals surface area contributed by atoms with Gasteiger partial charge in [0.2, 0.25) is 0 Å². The van der Waals surface area contributed by atoms with E-state index < -0.39 is 0 Å². The number of ether oxygens (including phenoxy) is 3. The van der Waals surface area contributed by atoms with Crippen molar-refractivity contribution in [2.24, 2.45) is 0 Å². The zero-order valence-corrected chi connectivity index (χ0v) is 14.5. The molecular weight excluding hydrogens is 316 g/mol. The van der Waals surface area contributed by atoms with Crippen LogP contribution in [-0.4, -0.2) is 48.4 Å². The van der Waals surface area contributed by atoms with Crippen LogP contribution in [-0.2, 0) is 11.3 Å². The van der Waals surface area contributed by atoms with Crippen LogP contribution in [0.2, 0.25) is 0 Å². The number of benzene rings is 1. The van der Waals surface area contributed by atoms with E-state index in [0.29, 0.717) is 6.04 Å². The van der Waals surface area contributed by atoms with Gasteiger partial charge in [0.15, 0.2) is 0 Å². The van der Waals surface area contributed by atoms with E-state index in [1.54, 1.807) is 19.5 Å². The van der Waals surface area contributed by atoms with Gasteiger partial charge in [-0.25, -0.2) is 0 Å². The maximum Gasteiger partial charge on any atom is 0.139 e. The smallest absolute Gasteiger partial charge is 0.139 e. The Bertz CT molecular complexity index is 677. The number of hydrogen-bond acceptors (Lipinski definition) is 5. The molecule has 0 N–H and O–H groups in total. The van der Waals surface area contributed by atoms with Crippen molar-refractivity contribution in [3.05, 3.63) is 54.4 Å². The zero-order valence-electron chi connectivity index (χ0n) is 14.5. The second-order valence-corrected chi connectivity index (χ2v) is 6.67. The molecule has 0 unspecified atom stereocenters. The molecule has 0 bridgehead atoms. The van der Waals surface area contributed by atoms with E-state index in [9.17, 15) is 0 Å². The molecule has 1 aromatic heterocycles. The highest BCUT2D eigenvalue weighted by Crippen LogP contribution is 2.32. The highest BCUT2D eigenvalue weighted by Gasteiger charge is 2.45. The lowest BCUT2D eigenvalue weighted by Crippen LogP contribution is -2.42. The minimum absolute atomic E-state index is 0.0488. The van der Waals surface area contributed by atoms with Crippen molar-refractivity contribution in [2.75, 3.05) is 20.3 Å². The lowest BCUT2D eigenvalue weighted by molar-refractivity contribution is -0.0472. The number of nitrogens with zero attached hydrogens (tertiary/aromatic N) is 2. The molecular formula is C20H24N2O3. The van der Waals surface area contributed by atoms with Gasteiger partial charge in [0.25, 0.3) is 0 Å². The van der Waals surface area contributed by atoms with Crippen molar-refractivity contribution < 1.29 is 14.2 Å². The minimum Gasteiger partial charge on any atom is -0.497 e. The molecule has 5 heteroatoms. The highest BCUT2D eigenvalue weighted by molar-refractivity contribution is 5.27. The van der Waals surface area contributed by atoms with Crippen LogP contribution < -0.4 is 9.47 Å². The molecule has 0 saturated carbocycles. The molecule has 132 valence electrons. The maximum absolute atomic E-state index is 6.20. The first-order chi connectivity index (χ1) is 12.3. The topological polar surface area (TPSA) is 43.8 Å². The minimum atomic E-state index is 0.0488. The predicted molar refractivity (Wildman–Crippen MR) is 94.8 cm³/mol. The third kappa shape index (κ3) is 3.62. The van der Waals surface area contributed by atoms with E-state index >= 15 is 0 Å². The molecule has 0 spiro atoms. The molecule has 0 radical (unpaired) electrons. The van der Waals surface area contributed by atoms with Crippen LogP contribution in [0.1, 0.15) is 18.4 Å². The zero-order chi connectivity index (χ0) is 17.1. The summed E-state index contributed by atoms with van der Waals surface area (Å²) in [4.78, 5) is 6.64. The number of methoxy groups -OCH3 is 1. The van der Waals surface area contributed by atoms with Crippen LogP contribution in [0.3, 0.4) is 0 Å². The van der Waals surface area contributed by atoms with Gasteiger partial charge in [-0.1, -0.05) is 12.1 Å². The Morgan fingerprint density at radius 3 is 2.84 bits per heavy atom. The molecule has 3 heterocycles. The third-order valence-electron chi connectivity index (χ3n) is 5.05. The predicted octanol–water partition coefficient (Wildman–Crippen LogP) is 2.90. The first-order valence-corrected chi connectivity index (χ1v) is 8.89. The normalized spacial score (nSPS) is 26.2. The molecule has 2 aliphatic heterocycles. The highest BCUT2D eigenvalue weighted by atomic mass is 16.5. The largest absolute Gasteiger partial charge is 0.497 e. The van der Waals surface area contributed by atoms with Gasteiger partial charge in [-0.05, 0) is 42.7 Å². The summed E-state index contributed by atoms with van der Waals surface area (Å²) in [5.74, 6) is 1.70. The Kier molecular flexibility index (Phi) is 4.85. The van der Waals surface area contributed by atoms with Crippen molar-refractivity contribution in [3.63, 3.8) is 0 Å². The van der Waals surface area contributed by atoms with Gasteiger partial charge < -0.3 is 14.2 Å². The molecule has 1 aromatic carbocycles. The summed E-state index contributed by atoms with van der Waals surface area (Å²) in [5, 5.41) is 0. The van der Waals surface area contributed by atoms with Crippen LogP contribution in [0.4, 0.5) is 0 Å². The Balaban J connectivity index is 1.47. The quantitative estimate of drug-likeness (QED) is 0.837. The van der Waals surface area contributed by atoms with Gasteiger partial charge in [0, 0.05) is 31.9 Å². The standard InChI is InChI=1S/C20H24N2O3/c1-23-16-8-6-15(7-9-16)13-22-14-19(20-18(22)5-3-11-24-20)25-17-4-2-10-21-12-17/h2,4,6-10,12,18-20H,3,5,11,13-14H2,1H3/t18-,19-,20-/m0/s1. The molecule has 4 rings (SSSR count). The van der Waals surface area contributed by atoms with Gasteiger partial charge in [-0.2, -0.15) is 0 Å². The molecule has 0 aliphatic carbocycles. The van der Waals surface area contributed by atoms with E-state index in [-0.39, 0.29) is 12.2 Å². The van der Waals surface area contributed by atoms with Crippen molar-refractivity contribution in [1.29, 1.82) is 0 Å². The Morgan fingerprint density at radius 1 is 1.20 bits per heavy atom. The summed E-state index contributed by atoms with van der Waals surface area (Å²) in [6.45, 7) is 2.60. The average Bonchev–Trinajstić information content (AvgIpc) is 3.01. The second kappa shape index (κ2) is 7.42. The lowest BCUT2D eigenvalue weighted by Gasteiger charge is -2.32. The van der Waals surface area contributed by atoms with E-state index in [0.717, 1.165) is 44.0 Å². The van der Waals surface area contributed by atoms with Gasteiger partial charge in [0.1, 0.15) is 23.7 Å². The Hall–Kier alpha value is -2.11. The summed E-state index contributed by atoms with van der Waals surface area (Å²) >= 11 is 0. The number of rotatable bonds is 5. The lowest BCUT2D eigenvalue weighted by atomic mass is 10.0. The average molecular weight is 340 g/mol. The fourth-order valence-corrected chi connectivity index (χ4v) is 3.85. The SMILES string of the molecule is COc1ccc(CN2C[C@H](Oc3cccnc3)[C@H]3OCCC[C@@H]32)cc1. The molecule has 2 aliphatic rings. The fourth-order valence-electron chi connectivity index (χ4n) is 3.85. The van der Waals surface area contributed by atoms with Gasteiger partial charge >= 0.3 is 0 Å². The molecule has 2 aromatic rings.